The molecule has 9 rings (SSSR count). The van der Waals surface area contributed by atoms with Crippen LogP contribution in [0.3, 0.4) is 0 Å². The molecule has 5 aromatic rings. The number of fused-ring (bicyclic) bond motifs is 4. The molecule has 3 saturated carbocycles. The Bertz CT molecular complexity index is 3210. The fourth-order valence-electron chi connectivity index (χ4n) is 8.72. The van der Waals surface area contributed by atoms with Crippen molar-refractivity contribution in [1.29, 1.82) is 0 Å². The van der Waals surface area contributed by atoms with E-state index >= 15 is 8.78 Å². The van der Waals surface area contributed by atoms with Crippen LogP contribution in [0.2, 0.25) is 5.02 Å². The SMILES string of the molecule is CC(C)(C#Cc1ccc(-c2ccc(Cl)c3c(NS(=O)(=O)C4CC4)nn(CC(F)(F)F)c23)c([C@H](Cc2cc(F)cc(F)c2)NC(=O)Cn2nc(C(F)(F)F)c3c2C(F)(F)C2C[C@H]32)n1)S(=O)(=O)C1CC1. The van der Waals surface area contributed by atoms with Gasteiger partial charge < -0.3 is 5.32 Å². The first-order valence-corrected chi connectivity index (χ1v) is 24.4. The van der Waals surface area contributed by atoms with Crippen LogP contribution in [0, 0.1) is 29.4 Å². The normalized spacial score (nSPS) is 19.5. The molecule has 4 aliphatic carbocycles. The molecule has 2 aromatic carbocycles. The number of hydrogen-bond donors (Lipinski definition) is 2. The van der Waals surface area contributed by atoms with Gasteiger partial charge in [-0.25, -0.2) is 30.6 Å². The van der Waals surface area contributed by atoms with E-state index in [0.717, 1.165) is 12.1 Å². The molecule has 4 aliphatic rings. The zero-order valence-corrected chi connectivity index (χ0v) is 37.7. The Labute approximate surface area is 385 Å². The molecular formula is C43H36ClF10N7O5S2. The van der Waals surface area contributed by atoms with Crippen LogP contribution in [-0.4, -0.2) is 68.7 Å². The second kappa shape index (κ2) is 16.1. The molecule has 0 bridgehead atoms. The minimum atomic E-state index is -5.18. The maximum absolute atomic E-state index is 15.5. The lowest BCUT2D eigenvalue weighted by Crippen LogP contribution is -2.35. The second-order valence-corrected chi connectivity index (χ2v) is 23.0. The molecule has 0 radical (unpaired) electrons. The number of aromatic nitrogens is 5. The molecule has 0 spiro atoms. The van der Waals surface area contributed by atoms with Crippen molar-refractivity contribution < 1.29 is 65.5 Å². The van der Waals surface area contributed by atoms with Gasteiger partial charge in [-0.3, -0.25) is 18.9 Å². The minimum absolute atomic E-state index is 0.171. The Morgan fingerprint density at radius 2 is 1.56 bits per heavy atom. The first-order valence-electron chi connectivity index (χ1n) is 20.9. The summed E-state index contributed by atoms with van der Waals surface area (Å²) in [7, 11) is -7.99. The molecule has 3 aromatic heterocycles. The third-order valence-electron chi connectivity index (χ3n) is 12.3. The first kappa shape index (κ1) is 47.6. The third-order valence-corrected chi connectivity index (χ3v) is 17.3. The highest BCUT2D eigenvalue weighted by atomic mass is 35.5. The van der Waals surface area contributed by atoms with Crippen molar-refractivity contribution in [2.24, 2.45) is 5.92 Å². The van der Waals surface area contributed by atoms with Crippen LogP contribution in [0.15, 0.2) is 42.5 Å². The number of nitrogens with zero attached hydrogens (tertiary/aromatic N) is 5. The molecule has 12 nitrogen and oxygen atoms in total. The molecule has 0 aliphatic heterocycles. The molecular weight excluding hydrogens is 984 g/mol. The molecule has 362 valence electrons. The first-order chi connectivity index (χ1) is 31.6. The van der Waals surface area contributed by atoms with Crippen LogP contribution in [0.5, 0.6) is 0 Å². The quantitative estimate of drug-likeness (QED) is 0.0876. The third kappa shape index (κ3) is 8.89. The molecule has 3 heterocycles. The summed E-state index contributed by atoms with van der Waals surface area (Å²) in [6, 6.07) is 5.46. The van der Waals surface area contributed by atoms with Crippen LogP contribution in [0.1, 0.15) is 91.8 Å². The van der Waals surface area contributed by atoms with Gasteiger partial charge in [0.15, 0.2) is 21.3 Å². The van der Waals surface area contributed by atoms with Gasteiger partial charge in [0, 0.05) is 28.7 Å². The summed E-state index contributed by atoms with van der Waals surface area (Å²) >= 11 is 6.58. The smallest absolute Gasteiger partial charge is 0.346 e. The van der Waals surface area contributed by atoms with Crippen LogP contribution in [0.25, 0.3) is 22.0 Å². The summed E-state index contributed by atoms with van der Waals surface area (Å²) in [5, 5.41) is 7.78. The summed E-state index contributed by atoms with van der Waals surface area (Å²) < 4.78 is 200. The topological polar surface area (TPSA) is 158 Å². The fraction of sp³-hybridized carbons (Fsp3) is 0.442. The lowest BCUT2D eigenvalue weighted by molar-refractivity contribution is -0.142. The molecule has 0 saturated heterocycles. The van der Waals surface area contributed by atoms with Crippen LogP contribution in [-0.2, 0) is 56.3 Å². The summed E-state index contributed by atoms with van der Waals surface area (Å²) in [6.45, 7) is -0.344. The van der Waals surface area contributed by atoms with E-state index in [1.807, 2.05) is 0 Å². The number of nitrogens with one attached hydrogen (secondary N) is 2. The van der Waals surface area contributed by atoms with Crippen molar-refractivity contribution in [3.63, 3.8) is 0 Å². The van der Waals surface area contributed by atoms with Crippen LogP contribution < -0.4 is 10.0 Å². The fourth-order valence-corrected chi connectivity index (χ4v) is 12.1. The molecule has 2 N–H and O–H groups in total. The highest BCUT2D eigenvalue weighted by Gasteiger charge is 2.68. The van der Waals surface area contributed by atoms with E-state index in [4.69, 9.17) is 11.6 Å². The monoisotopic (exact) mass is 1020 g/mol. The van der Waals surface area contributed by atoms with Crippen LogP contribution in [0.4, 0.5) is 49.7 Å². The summed E-state index contributed by atoms with van der Waals surface area (Å²) in [5.41, 5.74) is -4.98. The summed E-state index contributed by atoms with van der Waals surface area (Å²) in [4.78, 5) is 18.7. The van der Waals surface area contributed by atoms with Gasteiger partial charge in [0.2, 0.25) is 15.9 Å². The number of sulfone groups is 1. The Morgan fingerprint density at radius 3 is 2.18 bits per heavy atom. The van der Waals surface area contributed by atoms with Gasteiger partial charge in [-0.1, -0.05) is 23.6 Å². The average molecular weight is 1020 g/mol. The van der Waals surface area contributed by atoms with E-state index in [1.165, 1.54) is 38.1 Å². The van der Waals surface area contributed by atoms with Crippen molar-refractivity contribution in [3.05, 3.63) is 93.0 Å². The predicted molar refractivity (Wildman–Crippen MR) is 225 cm³/mol. The lowest BCUT2D eigenvalue weighted by atomic mass is 9.93. The Morgan fingerprint density at radius 1 is 0.912 bits per heavy atom. The second-order valence-electron chi connectivity index (χ2n) is 17.9. The number of carbonyl (C=O) groups excluding carboxylic acids is 1. The van der Waals surface area contributed by atoms with Crippen molar-refractivity contribution in [1.82, 2.24) is 29.9 Å². The van der Waals surface area contributed by atoms with E-state index in [9.17, 15) is 56.8 Å². The molecule has 1 amide bonds. The van der Waals surface area contributed by atoms with E-state index in [-0.39, 0.29) is 62.4 Å². The zero-order valence-electron chi connectivity index (χ0n) is 35.3. The van der Waals surface area contributed by atoms with Gasteiger partial charge >= 0.3 is 12.4 Å². The standard InChI is InChI=1S/C43H36ClF10N7O5S2/c1-40(2,67(63,64)24-4-5-24)12-11-23-3-8-26(27-9-10-30(44)34-36(27)61(19-41(47,48)49)58-39(34)59-68(65,66)25-6-7-25)35(55-23)31(15-20-13-21(45)16-22(46)14-20)56-32(62)18-60-38-33(37(57-60)43(52,53)54)28-17-29(28)42(38,50)51/h3,8-10,13-14,16,24-25,28-29,31H,4-7,15,17-19H2,1-2H3,(H,56,62)(H,58,59)/t28-,29?,31-/m0/s1. The molecule has 68 heavy (non-hydrogen) atoms. The number of rotatable bonds is 13. The Hall–Kier alpha value is -5.41. The van der Waals surface area contributed by atoms with Crippen molar-refractivity contribution in [2.75, 3.05) is 4.72 Å². The number of benzene rings is 2. The zero-order chi connectivity index (χ0) is 49.3. The van der Waals surface area contributed by atoms with E-state index in [0.29, 0.717) is 23.6 Å². The number of pyridine rings is 1. The number of sulfonamides is 1. The Kier molecular flexibility index (Phi) is 11.3. The van der Waals surface area contributed by atoms with Crippen molar-refractivity contribution in [3.8, 4) is 23.0 Å². The van der Waals surface area contributed by atoms with E-state index in [2.05, 4.69) is 37.1 Å². The summed E-state index contributed by atoms with van der Waals surface area (Å²) in [6.07, 6.45) is -9.68. The molecule has 3 fully saturated rings. The van der Waals surface area contributed by atoms with Gasteiger partial charge in [-0.05, 0) is 100 Å². The van der Waals surface area contributed by atoms with E-state index < -0.39 is 137 Å². The number of alkyl halides is 8. The van der Waals surface area contributed by atoms with E-state index in [1.54, 1.807) is 0 Å². The highest BCUT2D eigenvalue weighted by Crippen LogP contribution is 2.68. The number of hydrogen-bond acceptors (Lipinski definition) is 8. The van der Waals surface area contributed by atoms with Gasteiger partial charge in [0.1, 0.15) is 40.9 Å². The number of anilines is 1. The maximum Gasteiger partial charge on any atom is 0.435 e. The van der Waals surface area contributed by atoms with Crippen molar-refractivity contribution in [2.45, 2.75) is 111 Å². The average Bonchev–Trinajstić information content (AvgIpc) is 4.10. The maximum atomic E-state index is 15.5. The summed E-state index contributed by atoms with van der Waals surface area (Å²) in [5.74, 6) is -5.09. The van der Waals surface area contributed by atoms with Gasteiger partial charge in [0.25, 0.3) is 5.92 Å². The number of amides is 1. The van der Waals surface area contributed by atoms with Gasteiger partial charge in [-0.15, -0.1) is 0 Å². The highest BCUT2D eigenvalue weighted by molar-refractivity contribution is 7.94. The van der Waals surface area contributed by atoms with Crippen LogP contribution >= 0.6 is 11.6 Å². The van der Waals surface area contributed by atoms with Crippen molar-refractivity contribution >= 4 is 54.1 Å². The molecule has 3 atom stereocenters. The number of carbonyl (C=O) groups is 1. The largest absolute Gasteiger partial charge is 0.435 e. The number of halogens is 11. The molecule has 1 unspecified atom stereocenters. The Balaban J connectivity index is 1.23. The van der Waals surface area contributed by atoms with Gasteiger partial charge in [-0.2, -0.15) is 45.3 Å². The van der Waals surface area contributed by atoms with Gasteiger partial charge in [0.05, 0.1) is 38.2 Å². The lowest BCUT2D eigenvalue weighted by Gasteiger charge is -2.23. The minimum Gasteiger partial charge on any atom is -0.346 e. The molecule has 25 heteroatoms. The predicted octanol–water partition coefficient (Wildman–Crippen LogP) is 8.73.